The minimum Gasteiger partial charge on any atom is -0.444 e. The smallest absolute Gasteiger partial charge is 0.410 e. The van der Waals surface area contributed by atoms with Crippen LogP contribution in [-0.4, -0.2) is 84.0 Å². The molecule has 1 saturated carbocycles. The Morgan fingerprint density at radius 3 is 2.15 bits per heavy atom. The third-order valence-corrected chi connectivity index (χ3v) is 13.1. The lowest BCUT2D eigenvalue weighted by Gasteiger charge is -2.29. The Labute approximate surface area is 307 Å². The largest absolute Gasteiger partial charge is 0.444 e. The predicted octanol–water partition coefficient (Wildman–Crippen LogP) is 4.11. The zero-order chi connectivity index (χ0) is 36.7. The number of hydrogen-bond donors (Lipinski definition) is 3. The van der Waals surface area contributed by atoms with Crippen molar-refractivity contribution in [2.24, 2.45) is 0 Å². The van der Waals surface area contributed by atoms with Crippen LogP contribution in [0.4, 0.5) is 4.79 Å². The van der Waals surface area contributed by atoms with Crippen molar-refractivity contribution in [2.45, 2.75) is 165 Å². The van der Waals surface area contributed by atoms with Gasteiger partial charge in [-0.25, -0.2) is 13.2 Å². The van der Waals surface area contributed by atoms with E-state index in [1.54, 1.807) is 4.90 Å². The van der Waals surface area contributed by atoms with E-state index in [1.165, 1.54) is 10.5 Å². The Kier molecular flexibility index (Phi) is 12.8. The van der Waals surface area contributed by atoms with Crippen LogP contribution in [0, 0.1) is 0 Å². The first kappa shape index (κ1) is 38.1. The minimum absolute atomic E-state index is 0.00469. The summed E-state index contributed by atoms with van der Waals surface area (Å²) in [7, 11) is -3.84. The number of nitrogens with one attached hydrogen (secondary N) is 3. The highest BCUT2D eigenvalue weighted by Crippen LogP contribution is 2.31. The van der Waals surface area contributed by atoms with Gasteiger partial charge in [-0.3, -0.25) is 28.8 Å². The van der Waals surface area contributed by atoms with Crippen LogP contribution < -0.4 is 15.4 Å². The van der Waals surface area contributed by atoms with Crippen molar-refractivity contribution < 1.29 is 37.1 Å². The van der Waals surface area contributed by atoms with Crippen molar-refractivity contribution in [3.05, 3.63) is 34.9 Å². The van der Waals surface area contributed by atoms with Crippen LogP contribution in [0.2, 0.25) is 0 Å². The van der Waals surface area contributed by atoms with E-state index in [4.69, 9.17) is 4.74 Å². The van der Waals surface area contributed by atoms with Crippen LogP contribution in [0.1, 0.15) is 132 Å². The highest BCUT2D eigenvalue weighted by molar-refractivity contribution is 7.90. The van der Waals surface area contributed by atoms with E-state index in [0.717, 1.165) is 81.8 Å². The van der Waals surface area contributed by atoms with E-state index >= 15 is 0 Å². The fraction of sp³-hybridized carbons (Fsp3) is 0.711. The highest BCUT2D eigenvalue weighted by Gasteiger charge is 2.45. The molecule has 5 bridgehead atoms. The van der Waals surface area contributed by atoms with Gasteiger partial charge in [-0.1, -0.05) is 82.4 Å². The summed E-state index contributed by atoms with van der Waals surface area (Å²) < 4.78 is 33.5. The molecule has 13 nitrogen and oxygen atoms in total. The maximum Gasteiger partial charge on any atom is 0.410 e. The maximum atomic E-state index is 14.3. The predicted molar refractivity (Wildman–Crippen MR) is 193 cm³/mol. The van der Waals surface area contributed by atoms with E-state index in [1.807, 2.05) is 12.1 Å². The zero-order valence-electron chi connectivity index (χ0n) is 30.2. The summed E-state index contributed by atoms with van der Waals surface area (Å²) in [6, 6.07) is 3.13. The van der Waals surface area contributed by atoms with Gasteiger partial charge in [-0.15, -0.1) is 0 Å². The second kappa shape index (κ2) is 17.4. The van der Waals surface area contributed by atoms with Gasteiger partial charge in [0, 0.05) is 25.9 Å². The van der Waals surface area contributed by atoms with Crippen LogP contribution in [0.15, 0.2) is 18.2 Å². The van der Waals surface area contributed by atoms with Gasteiger partial charge in [0.25, 0.3) is 5.91 Å². The highest BCUT2D eigenvalue weighted by atomic mass is 32.2. The van der Waals surface area contributed by atoms with Crippen LogP contribution in [0.3, 0.4) is 0 Å². The molecule has 3 fully saturated rings. The number of benzene rings is 1. The molecule has 1 aliphatic carbocycles. The van der Waals surface area contributed by atoms with Gasteiger partial charge >= 0.3 is 6.09 Å². The number of carbonyl (C=O) groups excluding carboxylic acids is 5. The second-order valence-electron chi connectivity index (χ2n) is 15.4. The van der Waals surface area contributed by atoms with Gasteiger partial charge in [0.05, 0.1) is 11.8 Å². The number of amides is 5. The molecule has 4 atom stereocenters. The first-order valence-corrected chi connectivity index (χ1v) is 21.1. The number of fused-ring (bicyclic) bond motifs is 3. The standard InChI is InChI=1S/C38H55N5O8S/c44-34-19-12-8-4-1-5-9-14-26-15-13-16-27-23-42(25-30(26)27)38(48)51-28-22-33-36(46)40-31(35(45)41-52(49,50)29-20-21-29)17-10-6-2-3-7-11-18-32(39-34)37(47)43(33)24-28/h13,15-16,28-29,31-33H,1-12,14,17-25H2,(H,39,44)(H,40,46)(H,41,45)/t28-,31?,32-,33-/m0/s1. The first-order valence-electron chi connectivity index (χ1n) is 19.6. The zero-order valence-corrected chi connectivity index (χ0v) is 31.1. The number of rotatable bonds is 3. The number of aryl methyl sites for hydroxylation is 1. The molecule has 3 N–H and O–H groups in total. The quantitative estimate of drug-likeness (QED) is 0.416. The molecule has 0 aromatic heterocycles. The van der Waals surface area contributed by atoms with E-state index in [9.17, 15) is 32.4 Å². The van der Waals surface area contributed by atoms with Gasteiger partial charge < -0.3 is 20.3 Å². The monoisotopic (exact) mass is 741 g/mol. The van der Waals surface area contributed by atoms with Crippen molar-refractivity contribution in [3.63, 3.8) is 0 Å². The Morgan fingerprint density at radius 1 is 0.769 bits per heavy atom. The fourth-order valence-corrected chi connectivity index (χ4v) is 9.44. The lowest BCUT2D eigenvalue weighted by molar-refractivity contribution is -0.142. The summed E-state index contributed by atoms with van der Waals surface area (Å²) in [4.78, 5) is 71.6. The van der Waals surface area contributed by atoms with E-state index in [2.05, 4.69) is 21.4 Å². The SMILES string of the molecule is O=C1CCCCCCCCc2cccc3c2CN(C3)C(=O)O[C@H]2C[C@H]3C(=O)NC(C(=O)NS(=O)(=O)C4CC4)CCCCCCCC[C@H](N1)C(=O)N3C2. The van der Waals surface area contributed by atoms with Gasteiger partial charge in [-0.05, 0) is 61.6 Å². The van der Waals surface area contributed by atoms with Crippen molar-refractivity contribution in [2.75, 3.05) is 6.54 Å². The Morgan fingerprint density at radius 2 is 1.42 bits per heavy atom. The maximum absolute atomic E-state index is 14.3. The third kappa shape index (κ3) is 9.84. The van der Waals surface area contributed by atoms with Crippen molar-refractivity contribution in [3.8, 4) is 0 Å². The number of nitrogens with zero attached hydrogens (tertiary/aromatic N) is 2. The minimum atomic E-state index is -3.84. The topological polar surface area (TPSA) is 171 Å². The summed E-state index contributed by atoms with van der Waals surface area (Å²) >= 11 is 0. The lowest BCUT2D eigenvalue weighted by Crippen LogP contribution is -2.56. The number of sulfonamides is 1. The normalized spacial score (nSPS) is 27.8. The molecule has 1 unspecified atom stereocenters. The number of ether oxygens (including phenoxy) is 1. The van der Waals surface area contributed by atoms with Gasteiger partial charge in [0.2, 0.25) is 27.7 Å². The molecule has 286 valence electrons. The molecule has 14 heteroatoms. The third-order valence-electron chi connectivity index (χ3n) is 11.3. The van der Waals surface area contributed by atoms with E-state index < -0.39 is 63.3 Å². The molecular formula is C38H55N5O8S. The fourth-order valence-electron chi connectivity index (χ4n) is 8.09. The Balaban J connectivity index is 1.25. The van der Waals surface area contributed by atoms with Crippen LogP contribution in [0.5, 0.6) is 0 Å². The molecule has 0 spiro atoms. The molecule has 2 saturated heterocycles. The Bertz CT molecular complexity index is 1600. The summed E-state index contributed by atoms with van der Waals surface area (Å²) in [6.45, 7) is 0.794. The molecule has 4 aliphatic heterocycles. The summed E-state index contributed by atoms with van der Waals surface area (Å²) in [5.41, 5.74) is 3.48. The molecule has 1 aromatic rings. The van der Waals surface area contributed by atoms with E-state index in [0.29, 0.717) is 51.6 Å². The van der Waals surface area contributed by atoms with Gasteiger partial charge in [-0.2, -0.15) is 0 Å². The van der Waals surface area contributed by atoms with Crippen molar-refractivity contribution in [1.82, 2.24) is 25.2 Å². The number of carbonyl (C=O) groups is 5. The molecule has 5 aliphatic rings. The molecule has 4 heterocycles. The van der Waals surface area contributed by atoms with Gasteiger partial charge in [0.1, 0.15) is 24.2 Å². The second-order valence-corrected chi connectivity index (χ2v) is 17.3. The first-order chi connectivity index (χ1) is 25.1. The Hall–Kier alpha value is -3.68. The lowest BCUT2D eigenvalue weighted by atomic mass is 9.98. The van der Waals surface area contributed by atoms with E-state index in [-0.39, 0.29) is 25.3 Å². The van der Waals surface area contributed by atoms with Crippen LogP contribution >= 0.6 is 0 Å². The average Bonchev–Trinajstić information content (AvgIpc) is 3.76. The molecule has 1 aromatic carbocycles. The molecule has 0 radical (unpaired) electrons. The van der Waals surface area contributed by atoms with Gasteiger partial charge in [0.15, 0.2) is 0 Å². The summed E-state index contributed by atoms with van der Waals surface area (Å²) in [5, 5.41) is 5.13. The molecular weight excluding hydrogens is 687 g/mol. The van der Waals surface area contributed by atoms with Crippen LogP contribution in [-0.2, 0) is 53.4 Å². The van der Waals surface area contributed by atoms with Crippen molar-refractivity contribution >= 4 is 39.7 Å². The van der Waals surface area contributed by atoms with Crippen molar-refractivity contribution in [1.29, 1.82) is 0 Å². The average molecular weight is 742 g/mol. The summed E-state index contributed by atoms with van der Waals surface area (Å²) in [6.07, 6.45) is 12.2. The molecule has 5 amide bonds. The van der Waals surface area contributed by atoms with Crippen LogP contribution in [0.25, 0.3) is 0 Å². The molecule has 52 heavy (non-hydrogen) atoms. The molecule has 6 rings (SSSR count). The summed E-state index contributed by atoms with van der Waals surface area (Å²) in [5.74, 6) is -2.04. The number of hydrogen-bond acceptors (Lipinski definition) is 8.